The van der Waals surface area contributed by atoms with Crippen molar-refractivity contribution < 1.29 is 19.1 Å². The van der Waals surface area contributed by atoms with Gasteiger partial charge in [-0.15, -0.1) is 11.8 Å². The number of carbonyl (C=O) groups excluding carboxylic acids is 2. The second-order valence-electron chi connectivity index (χ2n) is 7.06. The summed E-state index contributed by atoms with van der Waals surface area (Å²) in [6.07, 6.45) is 0.619. The van der Waals surface area contributed by atoms with E-state index < -0.39 is 0 Å². The maximum absolute atomic E-state index is 12.9. The number of amides is 2. The van der Waals surface area contributed by atoms with E-state index in [4.69, 9.17) is 21.1 Å². The van der Waals surface area contributed by atoms with Crippen LogP contribution >= 0.6 is 23.4 Å². The van der Waals surface area contributed by atoms with Crippen LogP contribution in [0.15, 0.2) is 71.6 Å². The van der Waals surface area contributed by atoms with Crippen molar-refractivity contribution in [1.29, 1.82) is 0 Å². The number of halogens is 1. The number of ether oxygens (including phenoxy) is 2. The molecule has 0 radical (unpaired) electrons. The van der Waals surface area contributed by atoms with Gasteiger partial charge in [-0.2, -0.15) is 0 Å². The average molecular weight is 485 g/mol. The molecule has 0 heterocycles. The van der Waals surface area contributed by atoms with Crippen LogP contribution in [0.25, 0.3) is 0 Å². The van der Waals surface area contributed by atoms with Crippen LogP contribution in [-0.4, -0.2) is 31.3 Å². The number of methoxy groups -OCH3 is 2. The van der Waals surface area contributed by atoms with Gasteiger partial charge in [0.2, 0.25) is 5.91 Å². The Kier molecular flexibility index (Phi) is 8.63. The van der Waals surface area contributed by atoms with Crippen molar-refractivity contribution >= 4 is 46.6 Å². The van der Waals surface area contributed by atoms with Crippen molar-refractivity contribution in [2.24, 2.45) is 0 Å². The lowest BCUT2D eigenvalue weighted by molar-refractivity contribution is -0.115. The fraction of sp³-hybridized carbons (Fsp3) is 0.200. The number of hydrogen-bond donors (Lipinski definition) is 2. The molecule has 0 fully saturated rings. The highest BCUT2D eigenvalue weighted by atomic mass is 35.5. The summed E-state index contributed by atoms with van der Waals surface area (Å²) in [5.41, 5.74) is 1.68. The van der Waals surface area contributed by atoms with Crippen LogP contribution in [0.1, 0.15) is 23.7 Å². The van der Waals surface area contributed by atoms with Gasteiger partial charge in [0.1, 0.15) is 11.5 Å². The summed E-state index contributed by atoms with van der Waals surface area (Å²) in [5.74, 6) is 0.770. The molecule has 2 amide bonds. The maximum Gasteiger partial charge on any atom is 0.255 e. The largest absolute Gasteiger partial charge is 0.497 e. The average Bonchev–Trinajstić information content (AvgIpc) is 2.82. The van der Waals surface area contributed by atoms with Crippen LogP contribution in [0.3, 0.4) is 0 Å². The van der Waals surface area contributed by atoms with Gasteiger partial charge in [0, 0.05) is 27.2 Å². The molecule has 0 aliphatic heterocycles. The number of thioether (sulfide) groups is 1. The first-order valence-electron chi connectivity index (χ1n) is 10.3. The molecule has 0 spiro atoms. The Morgan fingerprint density at radius 1 is 0.970 bits per heavy atom. The summed E-state index contributed by atoms with van der Waals surface area (Å²) in [6.45, 7) is 1.95. The first-order valence-corrected chi connectivity index (χ1v) is 11.6. The van der Waals surface area contributed by atoms with Gasteiger partial charge in [0.25, 0.3) is 5.91 Å². The molecule has 172 valence electrons. The minimum atomic E-state index is -0.337. The zero-order chi connectivity index (χ0) is 23.8. The summed E-state index contributed by atoms with van der Waals surface area (Å²) in [5, 5.41) is 5.97. The van der Waals surface area contributed by atoms with Crippen LogP contribution in [0, 0.1) is 0 Å². The fourth-order valence-corrected chi connectivity index (χ4v) is 4.29. The Bertz CT molecular complexity index is 1140. The maximum atomic E-state index is 12.9. The van der Waals surface area contributed by atoms with Gasteiger partial charge in [-0.05, 0) is 55.0 Å². The number of nitrogens with one attached hydrogen (secondary N) is 2. The standard InChI is InChI=1S/C25H25ClN2O4S/c1-4-23(25(30)28-21-12-11-19(31-2)15-22(21)32-3)33-20-10-6-9-18(14-20)27-24(29)16-7-5-8-17(26)13-16/h5-15,23H,4H2,1-3H3,(H,27,29)(H,28,30). The molecule has 0 saturated carbocycles. The first kappa shape index (κ1) is 24.5. The molecule has 0 aromatic heterocycles. The van der Waals surface area contributed by atoms with Gasteiger partial charge in [-0.25, -0.2) is 0 Å². The van der Waals surface area contributed by atoms with E-state index in [1.165, 1.54) is 11.8 Å². The molecule has 6 nitrogen and oxygen atoms in total. The second kappa shape index (κ2) is 11.6. The normalized spacial score (nSPS) is 11.4. The molecule has 3 aromatic rings. The molecule has 2 N–H and O–H groups in total. The molecule has 3 rings (SSSR count). The molecular formula is C25H25ClN2O4S. The Hall–Kier alpha value is -3.16. The van der Waals surface area contributed by atoms with Crippen LogP contribution in [0.2, 0.25) is 5.02 Å². The van der Waals surface area contributed by atoms with Gasteiger partial charge in [-0.3, -0.25) is 9.59 Å². The smallest absolute Gasteiger partial charge is 0.255 e. The van der Waals surface area contributed by atoms with Crippen molar-refractivity contribution in [3.63, 3.8) is 0 Å². The lowest BCUT2D eigenvalue weighted by Crippen LogP contribution is -2.24. The third kappa shape index (κ3) is 6.66. The predicted octanol–water partition coefficient (Wildman–Crippen LogP) is 6.12. The quantitative estimate of drug-likeness (QED) is 0.358. The lowest BCUT2D eigenvalue weighted by Gasteiger charge is -2.17. The molecular weight excluding hydrogens is 460 g/mol. The molecule has 1 unspecified atom stereocenters. The number of hydrogen-bond acceptors (Lipinski definition) is 5. The molecule has 0 saturated heterocycles. The van der Waals surface area contributed by atoms with Crippen molar-refractivity contribution in [1.82, 2.24) is 0 Å². The van der Waals surface area contributed by atoms with Crippen molar-refractivity contribution in [2.45, 2.75) is 23.5 Å². The van der Waals surface area contributed by atoms with E-state index in [0.717, 1.165) is 4.90 Å². The molecule has 0 bridgehead atoms. The third-order valence-electron chi connectivity index (χ3n) is 4.79. The highest BCUT2D eigenvalue weighted by Crippen LogP contribution is 2.32. The van der Waals surface area contributed by atoms with E-state index in [0.29, 0.717) is 39.9 Å². The van der Waals surface area contributed by atoms with E-state index in [1.54, 1.807) is 62.8 Å². The highest BCUT2D eigenvalue weighted by Gasteiger charge is 2.20. The van der Waals surface area contributed by atoms with Crippen LogP contribution < -0.4 is 20.1 Å². The van der Waals surface area contributed by atoms with E-state index >= 15 is 0 Å². The van der Waals surface area contributed by atoms with Crippen molar-refractivity contribution in [3.05, 3.63) is 77.3 Å². The Morgan fingerprint density at radius 3 is 2.45 bits per heavy atom. The SMILES string of the molecule is CCC(Sc1cccc(NC(=O)c2cccc(Cl)c2)c1)C(=O)Nc1ccc(OC)cc1OC. The number of anilines is 2. The Balaban J connectivity index is 1.69. The molecule has 3 aromatic carbocycles. The van der Waals surface area contributed by atoms with Crippen molar-refractivity contribution in [3.8, 4) is 11.5 Å². The number of benzene rings is 3. The fourth-order valence-electron chi connectivity index (χ4n) is 3.08. The van der Waals surface area contributed by atoms with Gasteiger partial charge in [-0.1, -0.05) is 30.7 Å². The van der Waals surface area contributed by atoms with Gasteiger partial charge >= 0.3 is 0 Å². The summed E-state index contributed by atoms with van der Waals surface area (Å²) in [6, 6.07) is 19.4. The minimum Gasteiger partial charge on any atom is -0.497 e. The molecule has 8 heteroatoms. The summed E-state index contributed by atoms with van der Waals surface area (Å²) in [4.78, 5) is 26.3. The van der Waals surface area contributed by atoms with Gasteiger partial charge < -0.3 is 20.1 Å². The summed E-state index contributed by atoms with van der Waals surface area (Å²) < 4.78 is 10.6. The summed E-state index contributed by atoms with van der Waals surface area (Å²) >= 11 is 7.40. The Morgan fingerprint density at radius 2 is 1.76 bits per heavy atom. The van der Waals surface area contributed by atoms with E-state index in [1.807, 2.05) is 25.1 Å². The van der Waals surface area contributed by atoms with E-state index in [-0.39, 0.29) is 17.1 Å². The first-order chi connectivity index (χ1) is 15.9. The molecule has 0 aliphatic carbocycles. The topological polar surface area (TPSA) is 76.7 Å². The van der Waals surface area contributed by atoms with Gasteiger partial charge in [0.15, 0.2) is 0 Å². The Labute approximate surface area is 202 Å². The third-order valence-corrected chi connectivity index (χ3v) is 6.38. The number of carbonyl (C=O) groups is 2. The van der Waals surface area contributed by atoms with Crippen LogP contribution in [0.5, 0.6) is 11.5 Å². The van der Waals surface area contributed by atoms with Crippen LogP contribution in [-0.2, 0) is 4.79 Å². The number of rotatable bonds is 9. The molecule has 1 atom stereocenters. The van der Waals surface area contributed by atoms with E-state index in [9.17, 15) is 9.59 Å². The lowest BCUT2D eigenvalue weighted by atomic mass is 10.2. The zero-order valence-electron chi connectivity index (χ0n) is 18.6. The predicted molar refractivity (Wildman–Crippen MR) is 134 cm³/mol. The monoisotopic (exact) mass is 484 g/mol. The highest BCUT2D eigenvalue weighted by molar-refractivity contribution is 8.00. The molecule has 0 aliphatic rings. The van der Waals surface area contributed by atoms with E-state index in [2.05, 4.69) is 10.6 Å². The second-order valence-corrected chi connectivity index (χ2v) is 8.78. The minimum absolute atomic E-state index is 0.140. The zero-order valence-corrected chi connectivity index (χ0v) is 20.1. The van der Waals surface area contributed by atoms with Crippen LogP contribution in [0.4, 0.5) is 11.4 Å². The molecule has 33 heavy (non-hydrogen) atoms. The summed E-state index contributed by atoms with van der Waals surface area (Å²) in [7, 11) is 3.11. The van der Waals surface area contributed by atoms with Gasteiger partial charge in [0.05, 0.1) is 25.2 Å². The van der Waals surface area contributed by atoms with Crippen molar-refractivity contribution in [2.75, 3.05) is 24.9 Å².